The summed E-state index contributed by atoms with van der Waals surface area (Å²) in [4.78, 5) is 23.7. The number of pyridine rings is 1. The Labute approximate surface area is 125 Å². The van der Waals surface area contributed by atoms with E-state index >= 15 is 0 Å². The number of aryl methyl sites for hydroxylation is 1. The Hall–Kier alpha value is -1.62. The zero-order chi connectivity index (χ0) is 15.2. The minimum Gasteiger partial charge on any atom is -0.323 e. The maximum absolute atomic E-state index is 12.1. The van der Waals surface area contributed by atoms with Gasteiger partial charge in [-0.2, -0.15) is 0 Å². The van der Waals surface area contributed by atoms with Crippen LogP contribution < -0.4 is 16.6 Å². The highest BCUT2D eigenvalue weighted by Gasteiger charge is 2.21. The van der Waals surface area contributed by atoms with Crippen LogP contribution >= 0.6 is 0 Å². The van der Waals surface area contributed by atoms with Gasteiger partial charge in [0.15, 0.2) is 0 Å². The number of hydrogen-bond acceptors (Lipinski definition) is 3. The molecule has 0 spiro atoms. The first-order valence-corrected chi connectivity index (χ1v) is 7.87. The van der Waals surface area contributed by atoms with Crippen molar-refractivity contribution in [3.05, 3.63) is 28.7 Å². The lowest BCUT2D eigenvalue weighted by Gasteiger charge is -2.24. The first-order chi connectivity index (χ1) is 10.1. The molecule has 21 heavy (non-hydrogen) atoms. The van der Waals surface area contributed by atoms with E-state index in [1.54, 1.807) is 16.8 Å². The Morgan fingerprint density at radius 2 is 2.10 bits per heavy atom. The largest absolute Gasteiger partial charge is 0.323 e. The Bertz CT molecular complexity index is 533. The van der Waals surface area contributed by atoms with Crippen molar-refractivity contribution in [3.8, 4) is 0 Å². The fourth-order valence-corrected chi connectivity index (χ4v) is 2.98. The lowest BCUT2D eigenvalue weighted by molar-refractivity contribution is -0.117. The summed E-state index contributed by atoms with van der Waals surface area (Å²) in [5.74, 6) is 0.408. The molecule has 0 aromatic carbocycles. The summed E-state index contributed by atoms with van der Waals surface area (Å²) in [6.45, 7) is 2.47. The third-order valence-electron chi connectivity index (χ3n) is 4.24. The molecule has 1 unspecified atom stereocenters. The average Bonchev–Trinajstić information content (AvgIpc) is 2.50. The molecule has 1 aliphatic rings. The van der Waals surface area contributed by atoms with Crippen LogP contribution in [0.15, 0.2) is 23.1 Å². The quantitative estimate of drug-likeness (QED) is 0.872. The zero-order valence-electron chi connectivity index (χ0n) is 12.7. The maximum atomic E-state index is 12.1. The van der Waals surface area contributed by atoms with E-state index in [1.807, 2.05) is 6.92 Å². The highest BCUT2D eigenvalue weighted by Crippen LogP contribution is 2.27. The second kappa shape index (κ2) is 7.41. The lowest BCUT2D eigenvalue weighted by Crippen LogP contribution is -2.37. The zero-order valence-corrected chi connectivity index (χ0v) is 12.7. The molecule has 0 radical (unpaired) electrons. The van der Waals surface area contributed by atoms with Crippen molar-refractivity contribution in [1.82, 2.24) is 4.57 Å². The van der Waals surface area contributed by atoms with Gasteiger partial charge in [0, 0.05) is 18.8 Å². The number of amides is 1. The molecule has 1 aromatic rings. The van der Waals surface area contributed by atoms with Crippen molar-refractivity contribution in [3.63, 3.8) is 0 Å². The van der Waals surface area contributed by atoms with Gasteiger partial charge in [0.05, 0.1) is 11.7 Å². The molecule has 1 heterocycles. The van der Waals surface area contributed by atoms with Gasteiger partial charge >= 0.3 is 0 Å². The molecule has 5 nitrogen and oxygen atoms in total. The summed E-state index contributed by atoms with van der Waals surface area (Å²) in [6.07, 6.45) is 8.58. The van der Waals surface area contributed by atoms with Gasteiger partial charge in [-0.25, -0.2) is 0 Å². The highest BCUT2D eigenvalue weighted by molar-refractivity contribution is 5.94. The summed E-state index contributed by atoms with van der Waals surface area (Å²) in [7, 11) is 0. The van der Waals surface area contributed by atoms with Crippen LogP contribution in [-0.2, 0) is 11.3 Å². The molecule has 2 rings (SSSR count). The van der Waals surface area contributed by atoms with Crippen molar-refractivity contribution in [2.45, 2.75) is 58.0 Å². The second-order valence-corrected chi connectivity index (χ2v) is 5.88. The second-order valence-electron chi connectivity index (χ2n) is 5.88. The third-order valence-corrected chi connectivity index (χ3v) is 4.24. The molecule has 5 heteroatoms. The van der Waals surface area contributed by atoms with Crippen LogP contribution in [0.3, 0.4) is 0 Å². The number of nitrogens with two attached hydrogens (primary N) is 1. The Kier molecular flexibility index (Phi) is 5.56. The number of carbonyl (C=O) groups excluding carboxylic acids is 1. The molecule has 1 aromatic heterocycles. The van der Waals surface area contributed by atoms with Crippen LogP contribution in [0.4, 0.5) is 5.69 Å². The van der Waals surface area contributed by atoms with Gasteiger partial charge in [0.25, 0.3) is 5.56 Å². The van der Waals surface area contributed by atoms with Crippen LogP contribution in [0.25, 0.3) is 0 Å². The van der Waals surface area contributed by atoms with Crippen molar-refractivity contribution >= 4 is 11.6 Å². The molecule has 1 saturated carbocycles. The van der Waals surface area contributed by atoms with E-state index in [4.69, 9.17) is 5.73 Å². The van der Waals surface area contributed by atoms with E-state index in [1.165, 1.54) is 38.2 Å². The first kappa shape index (κ1) is 15.8. The van der Waals surface area contributed by atoms with Gasteiger partial charge in [0.2, 0.25) is 5.91 Å². The number of nitrogens with one attached hydrogen (secondary N) is 1. The van der Waals surface area contributed by atoms with Crippen molar-refractivity contribution in [2.75, 3.05) is 5.32 Å². The molecule has 1 amide bonds. The van der Waals surface area contributed by atoms with Crippen molar-refractivity contribution in [1.29, 1.82) is 0 Å². The summed E-state index contributed by atoms with van der Waals surface area (Å²) in [6, 6.07) is 2.61. The predicted molar refractivity (Wildman–Crippen MR) is 84.2 cm³/mol. The fourth-order valence-electron chi connectivity index (χ4n) is 2.98. The summed E-state index contributed by atoms with van der Waals surface area (Å²) < 4.78 is 1.56. The number of carbonyl (C=O) groups is 1. The van der Waals surface area contributed by atoms with Crippen LogP contribution in [0.2, 0.25) is 0 Å². The monoisotopic (exact) mass is 291 g/mol. The number of aromatic nitrogens is 1. The number of rotatable bonds is 5. The SMILES string of the molecule is CCn1cc(NC(=O)C(N)CC2CCCCC2)ccc1=O. The highest BCUT2D eigenvalue weighted by atomic mass is 16.2. The molecule has 116 valence electrons. The van der Waals surface area contributed by atoms with Gasteiger partial charge < -0.3 is 15.6 Å². The standard InChI is InChI=1S/C16H25N3O2/c1-2-19-11-13(8-9-15(19)20)18-16(21)14(17)10-12-6-4-3-5-7-12/h8-9,11-12,14H,2-7,10,17H2,1H3,(H,18,21). The third kappa shape index (κ3) is 4.43. The molecule has 0 bridgehead atoms. The summed E-state index contributed by atoms with van der Waals surface area (Å²) in [5.41, 5.74) is 6.57. The molecule has 1 aliphatic carbocycles. The van der Waals surface area contributed by atoms with Gasteiger partial charge in [0.1, 0.15) is 0 Å². The van der Waals surface area contributed by atoms with Gasteiger partial charge in [-0.3, -0.25) is 9.59 Å². The van der Waals surface area contributed by atoms with E-state index < -0.39 is 6.04 Å². The Morgan fingerprint density at radius 1 is 1.38 bits per heavy atom. The van der Waals surface area contributed by atoms with E-state index in [2.05, 4.69) is 5.32 Å². The van der Waals surface area contributed by atoms with Crippen molar-refractivity contribution in [2.24, 2.45) is 11.7 Å². The molecule has 1 fully saturated rings. The number of nitrogens with zero attached hydrogens (tertiary/aromatic N) is 1. The molecule has 1 atom stereocenters. The van der Waals surface area contributed by atoms with E-state index in [9.17, 15) is 9.59 Å². The van der Waals surface area contributed by atoms with Crippen LogP contribution in [0, 0.1) is 5.92 Å². The first-order valence-electron chi connectivity index (χ1n) is 7.87. The molecule has 3 N–H and O–H groups in total. The van der Waals surface area contributed by atoms with E-state index in [-0.39, 0.29) is 11.5 Å². The average molecular weight is 291 g/mol. The normalized spacial score (nSPS) is 17.4. The Balaban J connectivity index is 1.92. The van der Waals surface area contributed by atoms with E-state index in [0.29, 0.717) is 18.2 Å². The van der Waals surface area contributed by atoms with E-state index in [0.717, 1.165) is 6.42 Å². The Morgan fingerprint density at radius 3 is 2.76 bits per heavy atom. The number of hydrogen-bond donors (Lipinski definition) is 2. The van der Waals surface area contributed by atoms with Crippen LogP contribution in [-0.4, -0.2) is 16.5 Å². The summed E-state index contributed by atoms with van der Waals surface area (Å²) in [5, 5.41) is 2.81. The molecule has 0 aliphatic heterocycles. The van der Waals surface area contributed by atoms with Gasteiger partial charge in [-0.15, -0.1) is 0 Å². The van der Waals surface area contributed by atoms with Crippen LogP contribution in [0.1, 0.15) is 45.4 Å². The fraction of sp³-hybridized carbons (Fsp3) is 0.625. The predicted octanol–water partition coefficient (Wildman–Crippen LogP) is 2.10. The smallest absolute Gasteiger partial charge is 0.250 e. The minimum absolute atomic E-state index is 0.0676. The van der Waals surface area contributed by atoms with Gasteiger partial charge in [-0.1, -0.05) is 32.1 Å². The van der Waals surface area contributed by atoms with Gasteiger partial charge in [-0.05, 0) is 25.3 Å². The van der Waals surface area contributed by atoms with Crippen molar-refractivity contribution < 1.29 is 4.79 Å². The summed E-state index contributed by atoms with van der Waals surface area (Å²) >= 11 is 0. The molecular formula is C16H25N3O2. The number of anilines is 1. The minimum atomic E-state index is -0.477. The molecular weight excluding hydrogens is 266 g/mol. The molecule has 0 saturated heterocycles. The van der Waals surface area contributed by atoms with Crippen LogP contribution in [0.5, 0.6) is 0 Å². The topological polar surface area (TPSA) is 77.1 Å². The maximum Gasteiger partial charge on any atom is 0.250 e. The lowest BCUT2D eigenvalue weighted by atomic mass is 9.85.